The molecule has 0 saturated carbocycles. The molecule has 0 spiro atoms. The molecule has 0 aliphatic heterocycles. The van der Waals surface area contributed by atoms with Crippen LogP contribution in [0.1, 0.15) is 69.4 Å². The number of carbonyl (C=O) groups excluding carboxylic acids is 4. The van der Waals surface area contributed by atoms with E-state index < -0.39 is 47.7 Å². The lowest BCUT2D eigenvalue weighted by atomic mass is 9.85. The van der Waals surface area contributed by atoms with E-state index in [2.05, 4.69) is 26.6 Å². The number of aliphatic hydroxyl groups excluding tert-OH is 1. The summed E-state index contributed by atoms with van der Waals surface area (Å²) in [7, 11) is 4.16. The Morgan fingerprint density at radius 2 is 1.31 bits per heavy atom. The average Bonchev–Trinajstić information content (AvgIpc) is 3.13. The predicted octanol–water partition coefficient (Wildman–Crippen LogP) is 5.23. The zero-order valence-corrected chi connectivity index (χ0v) is 33.1. The molecule has 12 heteroatoms. The zero-order valence-electron chi connectivity index (χ0n) is 33.1. The fourth-order valence-electron chi connectivity index (χ4n) is 6.14. The Hall–Kier alpha value is -4.94. The third-order valence-corrected chi connectivity index (χ3v) is 9.44. The van der Waals surface area contributed by atoms with Gasteiger partial charge in [-0.3, -0.25) is 9.59 Å². The summed E-state index contributed by atoms with van der Waals surface area (Å²) < 4.78 is 9.70. The molecule has 3 aromatic rings. The molecule has 0 unspecified atom stereocenters. The zero-order chi connectivity index (χ0) is 40.1. The fourth-order valence-corrected chi connectivity index (χ4v) is 6.14. The topological polar surface area (TPSA) is 167 Å². The fraction of sp³-hybridized carbons (Fsp3) is 0.476. The predicted molar refractivity (Wildman–Crippen MR) is 211 cm³/mol. The van der Waals surface area contributed by atoms with Crippen molar-refractivity contribution in [1.82, 2.24) is 26.6 Å². The van der Waals surface area contributed by atoms with Gasteiger partial charge in [0.05, 0.1) is 20.3 Å². The van der Waals surface area contributed by atoms with E-state index in [0.29, 0.717) is 24.9 Å². The van der Waals surface area contributed by atoms with Gasteiger partial charge in [-0.2, -0.15) is 0 Å². The van der Waals surface area contributed by atoms with Gasteiger partial charge in [0.15, 0.2) is 0 Å². The molecule has 0 aliphatic carbocycles. The molecule has 54 heavy (non-hydrogen) atoms. The second-order valence-corrected chi connectivity index (χ2v) is 15.8. The van der Waals surface area contributed by atoms with Crippen molar-refractivity contribution < 1.29 is 33.8 Å². The molecule has 0 saturated heterocycles. The first-order valence-electron chi connectivity index (χ1n) is 18.3. The minimum atomic E-state index is -0.955. The van der Waals surface area contributed by atoms with Gasteiger partial charge >= 0.3 is 12.2 Å². The van der Waals surface area contributed by atoms with Gasteiger partial charge in [-0.15, -0.1) is 0 Å². The highest BCUT2D eigenvalue weighted by atomic mass is 16.5. The summed E-state index contributed by atoms with van der Waals surface area (Å²) in [6, 6.07) is 22.8. The maximum atomic E-state index is 13.8. The summed E-state index contributed by atoms with van der Waals surface area (Å²) >= 11 is 0. The lowest BCUT2D eigenvalue weighted by Gasteiger charge is -2.35. The Morgan fingerprint density at radius 1 is 0.704 bits per heavy atom. The van der Waals surface area contributed by atoms with Crippen molar-refractivity contribution in [3.63, 3.8) is 0 Å². The second-order valence-electron chi connectivity index (χ2n) is 15.8. The van der Waals surface area contributed by atoms with Gasteiger partial charge in [0, 0.05) is 37.3 Å². The van der Waals surface area contributed by atoms with E-state index in [9.17, 15) is 24.3 Å². The van der Waals surface area contributed by atoms with Crippen molar-refractivity contribution in [2.45, 2.75) is 91.1 Å². The van der Waals surface area contributed by atoms with Crippen molar-refractivity contribution in [3.8, 4) is 11.1 Å². The quantitative estimate of drug-likeness (QED) is 0.116. The molecule has 12 nitrogen and oxygen atoms in total. The Bertz CT molecular complexity index is 1670. The van der Waals surface area contributed by atoms with Crippen molar-refractivity contribution in [3.05, 3.63) is 95.6 Å². The molecule has 294 valence electrons. The van der Waals surface area contributed by atoms with Gasteiger partial charge in [-0.25, -0.2) is 9.59 Å². The van der Waals surface area contributed by atoms with Crippen LogP contribution in [0.3, 0.4) is 0 Å². The summed E-state index contributed by atoms with van der Waals surface area (Å²) in [4.78, 5) is 50.6. The molecule has 4 amide bonds. The van der Waals surface area contributed by atoms with Crippen LogP contribution in [-0.4, -0.2) is 87.2 Å². The van der Waals surface area contributed by atoms with Crippen LogP contribution >= 0.6 is 0 Å². The van der Waals surface area contributed by atoms with Crippen LogP contribution in [0.25, 0.3) is 11.1 Å². The number of aliphatic hydroxyl groups is 1. The lowest BCUT2D eigenvalue weighted by molar-refractivity contribution is -0.126. The molecule has 0 fully saturated rings. The summed E-state index contributed by atoms with van der Waals surface area (Å²) in [6.07, 6.45) is -1.18. The molecule has 0 radical (unpaired) electrons. The Balaban J connectivity index is 1.94. The van der Waals surface area contributed by atoms with Gasteiger partial charge in [0.25, 0.3) is 5.91 Å². The standard InChI is InChI=1S/C42H59N5O7/c1-41(2,3)35(46-39(51)53-8)26-44-33(23-28-18-20-29(21-19-28)30-16-13-17-31(24-30)37(49)43-7)34(48)25-32(22-27-14-11-10-12-15-27)45-38(50)36(42(4,5)6)47-40(52)54-9/h10-21,24,32-36,44,48H,22-23,25-26H2,1-9H3,(H,43,49)(H,45,50)(H,46,51)(H,47,52)/t32-,33-,34-,35+,36+/m0/s1. The van der Waals surface area contributed by atoms with Crippen LogP contribution in [0.2, 0.25) is 0 Å². The molecule has 5 atom stereocenters. The maximum Gasteiger partial charge on any atom is 0.407 e. The van der Waals surface area contributed by atoms with Crippen LogP contribution < -0.4 is 26.6 Å². The molecular formula is C42H59N5O7. The van der Waals surface area contributed by atoms with Gasteiger partial charge in [-0.05, 0) is 64.5 Å². The number of amides is 4. The van der Waals surface area contributed by atoms with E-state index >= 15 is 0 Å². The first-order chi connectivity index (χ1) is 25.4. The molecule has 0 bridgehead atoms. The largest absolute Gasteiger partial charge is 0.453 e. The van der Waals surface area contributed by atoms with Crippen LogP contribution in [0, 0.1) is 10.8 Å². The first kappa shape index (κ1) is 43.5. The van der Waals surface area contributed by atoms with Crippen LogP contribution in [0.15, 0.2) is 78.9 Å². The Labute approximate surface area is 320 Å². The number of hydrogen-bond donors (Lipinski definition) is 6. The second kappa shape index (κ2) is 19.9. The summed E-state index contributed by atoms with van der Waals surface area (Å²) in [5.74, 6) is -0.557. The molecule has 0 heterocycles. The normalized spacial score (nSPS) is 14.4. The summed E-state index contributed by atoms with van der Waals surface area (Å²) in [5, 5.41) is 26.9. The van der Waals surface area contributed by atoms with E-state index in [1.807, 2.05) is 114 Å². The number of rotatable bonds is 16. The van der Waals surface area contributed by atoms with Crippen molar-refractivity contribution >= 4 is 24.0 Å². The molecule has 3 aromatic carbocycles. The van der Waals surface area contributed by atoms with Gasteiger partial charge in [0.2, 0.25) is 5.91 Å². The van der Waals surface area contributed by atoms with Crippen molar-refractivity contribution in [1.29, 1.82) is 0 Å². The van der Waals surface area contributed by atoms with Crippen molar-refractivity contribution in [2.75, 3.05) is 27.8 Å². The third kappa shape index (κ3) is 13.5. The number of methoxy groups -OCH3 is 2. The minimum absolute atomic E-state index is 0.165. The molecular weight excluding hydrogens is 686 g/mol. The monoisotopic (exact) mass is 745 g/mol. The average molecular weight is 746 g/mol. The number of alkyl carbamates (subject to hydrolysis) is 2. The highest BCUT2D eigenvalue weighted by molar-refractivity contribution is 5.95. The molecule has 3 rings (SSSR count). The van der Waals surface area contributed by atoms with Crippen LogP contribution in [0.5, 0.6) is 0 Å². The lowest BCUT2D eigenvalue weighted by Crippen LogP contribution is -2.57. The van der Waals surface area contributed by atoms with E-state index in [1.54, 1.807) is 13.1 Å². The highest BCUT2D eigenvalue weighted by Gasteiger charge is 2.35. The van der Waals surface area contributed by atoms with Gasteiger partial charge in [0.1, 0.15) is 6.04 Å². The van der Waals surface area contributed by atoms with Gasteiger partial charge in [-0.1, -0.05) is 108 Å². The smallest absolute Gasteiger partial charge is 0.407 e. The van der Waals surface area contributed by atoms with E-state index in [0.717, 1.165) is 22.3 Å². The van der Waals surface area contributed by atoms with Crippen molar-refractivity contribution in [2.24, 2.45) is 10.8 Å². The number of benzene rings is 3. The third-order valence-electron chi connectivity index (χ3n) is 9.44. The summed E-state index contributed by atoms with van der Waals surface area (Å²) in [5.41, 5.74) is 3.33. The number of carbonyl (C=O) groups is 4. The van der Waals surface area contributed by atoms with Gasteiger partial charge < -0.3 is 41.2 Å². The van der Waals surface area contributed by atoms with E-state index in [1.165, 1.54) is 14.2 Å². The molecule has 0 aromatic heterocycles. The summed E-state index contributed by atoms with van der Waals surface area (Å²) in [6.45, 7) is 11.9. The SMILES string of the molecule is CNC(=O)c1cccc(-c2ccc(C[C@H](NC[C@@H](NC(=O)OC)C(C)(C)C)[C@@H](O)C[C@H](Cc3ccccc3)NC(=O)[C@@H](NC(=O)OC)C(C)(C)C)cc2)c1. The first-order valence-corrected chi connectivity index (χ1v) is 18.3. The number of hydrogen-bond acceptors (Lipinski definition) is 8. The number of nitrogens with one attached hydrogen (secondary N) is 5. The Kier molecular flexibility index (Phi) is 16.0. The minimum Gasteiger partial charge on any atom is -0.453 e. The molecule has 0 aliphatic rings. The van der Waals surface area contributed by atoms with E-state index in [4.69, 9.17) is 9.47 Å². The van der Waals surface area contributed by atoms with E-state index in [-0.39, 0.29) is 23.8 Å². The highest BCUT2D eigenvalue weighted by Crippen LogP contribution is 2.24. The van der Waals surface area contributed by atoms with Crippen LogP contribution in [0.4, 0.5) is 9.59 Å². The maximum absolute atomic E-state index is 13.8. The van der Waals surface area contributed by atoms with Crippen LogP contribution in [-0.2, 0) is 27.1 Å². The Morgan fingerprint density at radius 3 is 1.89 bits per heavy atom. The molecule has 6 N–H and O–H groups in total. The number of ether oxygens (including phenoxy) is 2.